The molecule has 0 aliphatic carbocycles. The van der Waals surface area contributed by atoms with Gasteiger partial charge in [0, 0.05) is 12.1 Å². The van der Waals surface area contributed by atoms with E-state index in [4.69, 9.17) is 4.74 Å². The lowest BCUT2D eigenvalue weighted by molar-refractivity contribution is -0.384. The van der Waals surface area contributed by atoms with Crippen LogP contribution in [0.4, 0.5) is 17.1 Å². The largest absolute Gasteiger partial charge is 0.423 e. The third-order valence-corrected chi connectivity index (χ3v) is 2.57. The van der Waals surface area contributed by atoms with Crippen LogP contribution in [-0.2, 0) is 4.79 Å². The standard InChI is InChI=1S/C15H11N3O4/c1-2-15(19)22-12-9-7-11(8-10-12)16-17-13-5-3-4-6-14(13)18(20)21/h2-10H,1H2. The van der Waals surface area contributed by atoms with Gasteiger partial charge < -0.3 is 4.74 Å². The first-order valence-electron chi connectivity index (χ1n) is 6.19. The van der Waals surface area contributed by atoms with Gasteiger partial charge in [-0.15, -0.1) is 5.11 Å². The number of carbonyl (C=O) groups is 1. The molecule has 0 amide bonds. The van der Waals surface area contributed by atoms with Gasteiger partial charge in [-0.3, -0.25) is 10.1 Å². The lowest BCUT2D eigenvalue weighted by Gasteiger charge is -2.00. The van der Waals surface area contributed by atoms with Crippen LogP contribution >= 0.6 is 0 Å². The highest BCUT2D eigenvalue weighted by Gasteiger charge is 2.11. The normalized spacial score (nSPS) is 10.4. The van der Waals surface area contributed by atoms with Crippen molar-refractivity contribution in [2.75, 3.05) is 0 Å². The maximum atomic E-state index is 11.0. The van der Waals surface area contributed by atoms with Crippen LogP contribution in [0.2, 0.25) is 0 Å². The van der Waals surface area contributed by atoms with Crippen LogP contribution in [0.5, 0.6) is 5.75 Å². The Morgan fingerprint density at radius 2 is 1.82 bits per heavy atom. The van der Waals surface area contributed by atoms with Gasteiger partial charge in [-0.05, 0) is 30.3 Å². The molecule has 0 saturated heterocycles. The van der Waals surface area contributed by atoms with Crippen LogP contribution in [-0.4, -0.2) is 10.9 Å². The summed E-state index contributed by atoms with van der Waals surface area (Å²) in [5, 5.41) is 18.6. The van der Waals surface area contributed by atoms with E-state index in [0.29, 0.717) is 11.4 Å². The fourth-order valence-corrected chi connectivity index (χ4v) is 1.55. The molecule has 0 saturated carbocycles. The zero-order valence-electron chi connectivity index (χ0n) is 11.4. The van der Waals surface area contributed by atoms with Crippen molar-refractivity contribution in [1.82, 2.24) is 0 Å². The molecule has 7 nitrogen and oxygen atoms in total. The van der Waals surface area contributed by atoms with E-state index in [9.17, 15) is 14.9 Å². The number of hydrogen-bond acceptors (Lipinski definition) is 6. The maximum absolute atomic E-state index is 11.0. The summed E-state index contributed by atoms with van der Waals surface area (Å²) in [6.45, 7) is 3.30. The van der Waals surface area contributed by atoms with Crippen molar-refractivity contribution >= 4 is 23.0 Å². The van der Waals surface area contributed by atoms with Crippen LogP contribution in [0.15, 0.2) is 71.4 Å². The Labute approximate surface area is 125 Å². The fourth-order valence-electron chi connectivity index (χ4n) is 1.55. The van der Waals surface area contributed by atoms with E-state index < -0.39 is 10.9 Å². The Morgan fingerprint density at radius 3 is 2.45 bits per heavy atom. The van der Waals surface area contributed by atoms with E-state index in [1.165, 1.54) is 24.3 Å². The Morgan fingerprint density at radius 1 is 1.14 bits per heavy atom. The summed E-state index contributed by atoms with van der Waals surface area (Å²) >= 11 is 0. The summed E-state index contributed by atoms with van der Waals surface area (Å²) < 4.78 is 4.91. The average Bonchev–Trinajstić information content (AvgIpc) is 2.54. The summed E-state index contributed by atoms with van der Waals surface area (Å²) in [6, 6.07) is 12.3. The molecule has 0 N–H and O–H groups in total. The molecular weight excluding hydrogens is 286 g/mol. The second-order valence-corrected chi connectivity index (χ2v) is 4.06. The first-order chi connectivity index (χ1) is 10.6. The van der Waals surface area contributed by atoms with Gasteiger partial charge in [0.05, 0.1) is 10.6 Å². The minimum Gasteiger partial charge on any atom is -0.423 e. The number of nitro groups is 1. The zero-order valence-corrected chi connectivity index (χ0v) is 11.4. The van der Waals surface area contributed by atoms with Crippen LogP contribution in [0.1, 0.15) is 0 Å². The number of benzene rings is 2. The van der Waals surface area contributed by atoms with Gasteiger partial charge in [0.25, 0.3) is 5.69 Å². The predicted octanol–water partition coefficient (Wildman–Crippen LogP) is 4.10. The molecule has 0 heterocycles. The monoisotopic (exact) mass is 297 g/mol. The summed E-state index contributed by atoms with van der Waals surface area (Å²) in [5.41, 5.74) is 0.508. The topological polar surface area (TPSA) is 94.2 Å². The Balaban J connectivity index is 2.16. The number of rotatable bonds is 5. The first kappa shape index (κ1) is 15.0. The van der Waals surface area contributed by atoms with Crippen LogP contribution in [0.3, 0.4) is 0 Å². The highest BCUT2D eigenvalue weighted by Crippen LogP contribution is 2.28. The van der Waals surface area contributed by atoms with E-state index in [0.717, 1.165) is 6.08 Å². The van der Waals surface area contributed by atoms with Crippen LogP contribution in [0.25, 0.3) is 0 Å². The van der Waals surface area contributed by atoms with E-state index in [2.05, 4.69) is 16.8 Å². The Kier molecular flexibility index (Phi) is 4.71. The zero-order chi connectivity index (χ0) is 15.9. The van der Waals surface area contributed by atoms with Crippen molar-refractivity contribution in [3.05, 3.63) is 71.3 Å². The average molecular weight is 297 g/mol. The van der Waals surface area contributed by atoms with Gasteiger partial charge in [-0.25, -0.2) is 4.79 Å². The van der Waals surface area contributed by atoms with Gasteiger partial charge in [0.2, 0.25) is 0 Å². The van der Waals surface area contributed by atoms with Crippen molar-refractivity contribution in [2.45, 2.75) is 0 Å². The van der Waals surface area contributed by atoms with Crippen molar-refractivity contribution < 1.29 is 14.5 Å². The van der Waals surface area contributed by atoms with Crippen molar-refractivity contribution in [3.63, 3.8) is 0 Å². The van der Waals surface area contributed by atoms with Crippen LogP contribution in [0, 0.1) is 10.1 Å². The van der Waals surface area contributed by atoms with E-state index >= 15 is 0 Å². The summed E-state index contributed by atoms with van der Waals surface area (Å²) in [6.07, 6.45) is 1.06. The number of esters is 1. The molecule has 110 valence electrons. The number of hydrogen-bond donors (Lipinski definition) is 0. The van der Waals surface area contributed by atoms with Crippen molar-refractivity contribution in [2.24, 2.45) is 10.2 Å². The maximum Gasteiger partial charge on any atom is 0.335 e. The Bertz CT molecular complexity index is 739. The summed E-state index contributed by atoms with van der Waals surface area (Å²) in [7, 11) is 0. The lowest BCUT2D eigenvalue weighted by atomic mass is 10.3. The molecule has 2 rings (SSSR count). The second-order valence-electron chi connectivity index (χ2n) is 4.06. The smallest absolute Gasteiger partial charge is 0.335 e. The van der Waals surface area contributed by atoms with Gasteiger partial charge in [-0.1, -0.05) is 18.7 Å². The first-order valence-corrected chi connectivity index (χ1v) is 6.19. The second kappa shape index (κ2) is 6.89. The minimum atomic E-state index is -0.561. The minimum absolute atomic E-state index is 0.122. The molecule has 0 atom stereocenters. The molecule has 2 aromatic rings. The molecule has 22 heavy (non-hydrogen) atoms. The summed E-state index contributed by atoms with van der Waals surface area (Å²) in [4.78, 5) is 21.4. The molecule has 0 fully saturated rings. The molecule has 0 aliphatic heterocycles. The molecule has 0 bridgehead atoms. The number of ether oxygens (including phenoxy) is 1. The van der Waals surface area contributed by atoms with E-state index in [1.807, 2.05) is 0 Å². The highest BCUT2D eigenvalue weighted by molar-refractivity contribution is 5.83. The van der Waals surface area contributed by atoms with Crippen molar-refractivity contribution in [1.29, 1.82) is 0 Å². The number of nitro benzene ring substituents is 1. The molecule has 2 aromatic carbocycles. The predicted molar refractivity (Wildman–Crippen MR) is 79.5 cm³/mol. The number of azo groups is 1. The number of para-hydroxylation sites is 1. The molecule has 0 aliphatic rings. The van der Waals surface area contributed by atoms with Gasteiger partial charge >= 0.3 is 5.97 Å². The van der Waals surface area contributed by atoms with Gasteiger partial charge in [-0.2, -0.15) is 5.11 Å². The van der Waals surface area contributed by atoms with Crippen molar-refractivity contribution in [3.8, 4) is 5.75 Å². The Hall–Kier alpha value is -3.35. The molecule has 0 unspecified atom stereocenters. The van der Waals surface area contributed by atoms with E-state index in [-0.39, 0.29) is 11.4 Å². The molecule has 7 heteroatoms. The number of nitrogens with zero attached hydrogens (tertiary/aromatic N) is 3. The molecule has 0 radical (unpaired) electrons. The molecular formula is C15H11N3O4. The third-order valence-electron chi connectivity index (χ3n) is 2.57. The summed E-state index contributed by atoms with van der Waals surface area (Å²) in [5.74, 6) is -0.219. The fraction of sp³-hybridized carbons (Fsp3) is 0. The highest BCUT2D eigenvalue weighted by atomic mass is 16.6. The van der Waals surface area contributed by atoms with Crippen LogP contribution < -0.4 is 4.74 Å². The van der Waals surface area contributed by atoms with E-state index in [1.54, 1.807) is 24.3 Å². The third kappa shape index (κ3) is 3.83. The number of carbonyl (C=O) groups excluding carboxylic acids is 1. The van der Waals surface area contributed by atoms with Gasteiger partial charge in [0.1, 0.15) is 5.75 Å². The molecule has 0 aromatic heterocycles. The molecule has 0 spiro atoms. The quantitative estimate of drug-likeness (QED) is 0.207. The lowest BCUT2D eigenvalue weighted by Crippen LogP contribution is -2.02. The van der Waals surface area contributed by atoms with Gasteiger partial charge in [0.15, 0.2) is 5.69 Å². The SMILES string of the molecule is C=CC(=O)Oc1ccc(N=Nc2ccccc2[N+](=O)[O-])cc1.